The fraction of sp³-hybridized carbons (Fsp3) is 0.727. The normalized spacial score (nSPS) is 35.0. The van der Waals surface area contributed by atoms with Crippen LogP contribution in [-0.4, -0.2) is 55.5 Å². The van der Waals surface area contributed by atoms with E-state index in [1.165, 1.54) is 0 Å². The summed E-state index contributed by atoms with van der Waals surface area (Å²) in [5.74, 6) is -0.469. The summed E-state index contributed by atoms with van der Waals surface area (Å²) < 4.78 is 41.9. The molecular formula is C22H32O7. The highest BCUT2D eigenvalue weighted by Crippen LogP contribution is 2.42. The maximum Gasteiger partial charge on any atom is 0.190 e. The quantitative estimate of drug-likeness (QED) is 0.685. The molecule has 7 heteroatoms. The summed E-state index contributed by atoms with van der Waals surface area (Å²) in [4.78, 5) is 0. The molecule has 1 aromatic carbocycles. The molecule has 3 heterocycles. The maximum absolute atomic E-state index is 6.30. The van der Waals surface area contributed by atoms with E-state index in [0.717, 1.165) is 17.7 Å². The van der Waals surface area contributed by atoms with Crippen molar-refractivity contribution in [2.75, 3.05) is 13.2 Å². The fourth-order valence-corrected chi connectivity index (χ4v) is 3.96. The van der Waals surface area contributed by atoms with Crippen LogP contribution in [-0.2, 0) is 35.0 Å². The lowest BCUT2D eigenvalue weighted by molar-refractivity contribution is -0.236. The highest BCUT2D eigenvalue weighted by molar-refractivity contribution is 5.26. The summed E-state index contributed by atoms with van der Waals surface area (Å²) in [5, 5.41) is 0. The topological polar surface area (TPSA) is 64.6 Å². The van der Waals surface area contributed by atoms with Crippen molar-refractivity contribution in [3.8, 4) is 5.75 Å². The third-order valence-electron chi connectivity index (χ3n) is 5.26. The van der Waals surface area contributed by atoms with Gasteiger partial charge in [-0.25, -0.2) is 0 Å². The summed E-state index contributed by atoms with van der Waals surface area (Å²) in [6.07, 6.45) is -0.679. The van der Waals surface area contributed by atoms with Crippen molar-refractivity contribution in [3.63, 3.8) is 0 Å². The van der Waals surface area contributed by atoms with Crippen LogP contribution in [0, 0.1) is 0 Å². The Morgan fingerprint density at radius 3 is 2.38 bits per heavy atom. The van der Waals surface area contributed by atoms with E-state index in [2.05, 4.69) is 6.92 Å². The average Bonchev–Trinajstić information content (AvgIpc) is 3.28. The molecule has 5 atom stereocenters. The van der Waals surface area contributed by atoms with Crippen LogP contribution in [0.3, 0.4) is 0 Å². The van der Waals surface area contributed by atoms with E-state index >= 15 is 0 Å². The highest BCUT2D eigenvalue weighted by Gasteiger charge is 2.58. The van der Waals surface area contributed by atoms with E-state index < -0.39 is 17.9 Å². The second-order valence-corrected chi connectivity index (χ2v) is 8.70. The monoisotopic (exact) mass is 408 g/mol. The molecule has 0 amide bonds. The summed E-state index contributed by atoms with van der Waals surface area (Å²) >= 11 is 0. The summed E-state index contributed by atoms with van der Waals surface area (Å²) in [6.45, 7) is 11.3. The minimum absolute atomic E-state index is 0.235. The van der Waals surface area contributed by atoms with Crippen LogP contribution in [0.1, 0.15) is 46.6 Å². The third kappa shape index (κ3) is 4.76. The van der Waals surface area contributed by atoms with Crippen LogP contribution in [0.25, 0.3) is 0 Å². The fourth-order valence-electron chi connectivity index (χ4n) is 3.96. The molecule has 7 nitrogen and oxygen atoms in total. The molecule has 0 aromatic heterocycles. The van der Waals surface area contributed by atoms with E-state index in [0.29, 0.717) is 19.8 Å². The zero-order chi connectivity index (χ0) is 20.6. The predicted molar refractivity (Wildman–Crippen MR) is 104 cm³/mol. The number of hydrogen-bond acceptors (Lipinski definition) is 7. The standard InChI is InChI=1S/C22H32O7/c1-6-11-23-15-9-7-14(8-10-15)12-24-18-17(16-13-25-21(2,3)27-16)26-20-19(18)28-22(4,5)29-20/h7-10,16-20H,6,11-13H2,1-5H3/t16-,17+,18-,19+,20+/m0/s1. The molecular weight excluding hydrogens is 376 g/mol. The van der Waals surface area contributed by atoms with Gasteiger partial charge in [0.1, 0.15) is 30.2 Å². The van der Waals surface area contributed by atoms with E-state index in [-0.39, 0.29) is 24.4 Å². The SMILES string of the molecule is CCCOc1ccc(CO[C@@H]2[C@H]3OC(C)(C)O[C@H]3O[C@@H]2[C@@H]2COC(C)(C)O2)cc1. The Balaban J connectivity index is 1.43. The van der Waals surface area contributed by atoms with Gasteiger partial charge >= 0.3 is 0 Å². The molecule has 162 valence electrons. The first kappa shape index (κ1) is 21.0. The van der Waals surface area contributed by atoms with Crippen LogP contribution in [0.4, 0.5) is 0 Å². The van der Waals surface area contributed by atoms with Gasteiger partial charge in [0, 0.05) is 0 Å². The van der Waals surface area contributed by atoms with Crippen molar-refractivity contribution >= 4 is 0 Å². The van der Waals surface area contributed by atoms with Crippen molar-refractivity contribution in [3.05, 3.63) is 29.8 Å². The zero-order valence-corrected chi connectivity index (χ0v) is 17.9. The molecule has 4 rings (SSSR count). The molecule has 0 saturated carbocycles. The third-order valence-corrected chi connectivity index (χ3v) is 5.26. The number of ether oxygens (including phenoxy) is 7. The maximum atomic E-state index is 6.30. The Morgan fingerprint density at radius 2 is 1.72 bits per heavy atom. The molecule has 3 saturated heterocycles. The van der Waals surface area contributed by atoms with Gasteiger partial charge < -0.3 is 33.2 Å². The van der Waals surface area contributed by atoms with Crippen LogP contribution < -0.4 is 4.74 Å². The van der Waals surface area contributed by atoms with Gasteiger partial charge in [-0.1, -0.05) is 19.1 Å². The number of rotatable bonds is 7. The lowest BCUT2D eigenvalue weighted by atomic mass is 10.1. The van der Waals surface area contributed by atoms with Gasteiger partial charge in [0.25, 0.3) is 0 Å². The molecule has 0 N–H and O–H groups in total. The Kier molecular flexibility index (Phi) is 5.90. The van der Waals surface area contributed by atoms with Gasteiger partial charge in [0.2, 0.25) is 0 Å². The minimum Gasteiger partial charge on any atom is -0.494 e. The molecule has 3 aliphatic rings. The first-order valence-corrected chi connectivity index (χ1v) is 10.4. The average molecular weight is 408 g/mol. The van der Waals surface area contributed by atoms with Gasteiger partial charge in [-0.05, 0) is 51.8 Å². The largest absolute Gasteiger partial charge is 0.494 e. The van der Waals surface area contributed by atoms with E-state index in [1.807, 2.05) is 52.0 Å². The molecule has 0 radical (unpaired) electrons. The molecule has 29 heavy (non-hydrogen) atoms. The van der Waals surface area contributed by atoms with Crippen LogP contribution in [0.2, 0.25) is 0 Å². The Morgan fingerprint density at radius 1 is 0.966 bits per heavy atom. The Labute approximate surface area is 172 Å². The van der Waals surface area contributed by atoms with Gasteiger partial charge in [-0.15, -0.1) is 0 Å². The lowest BCUT2D eigenvalue weighted by Gasteiger charge is -2.29. The molecule has 0 bridgehead atoms. The van der Waals surface area contributed by atoms with Crippen LogP contribution in [0.15, 0.2) is 24.3 Å². The van der Waals surface area contributed by atoms with E-state index in [1.54, 1.807) is 0 Å². The molecule has 0 unspecified atom stereocenters. The van der Waals surface area contributed by atoms with Crippen molar-refractivity contribution in [1.29, 1.82) is 0 Å². The van der Waals surface area contributed by atoms with Gasteiger partial charge in [0.05, 0.1) is 19.8 Å². The molecule has 3 aliphatic heterocycles. The summed E-state index contributed by atoms with van der Waals surface area (Å²) in [5.41, 5.74) is 1.05. The lowest BCUT2D eigenvalue weighted by Crippen LogP contribution is -2.44. The smallest absolute Gasteiger partial charge is 0.190 e. The van der Waals surface area contributed by atoms with Crippen LogP contribution >= 0.6 is 0 Å². The predicted octanol–water partition coefficient (Wildman–Crippen LogP) is 3.39. The van der Waals surface area contributed by atoms with Gasteiger partial charge in [0.15, 0.2) is 17.9 Å². The van der Waals surface area contributed by atoms with Gasteiger partial charge in [-0.3, -0.25) is 0 Å². The molecule has 1 aromatic rings. The first-order valence-electron chi connectivity index (χ1n) is 10.4. The van der Waals surface area contributed by atoms with Crippen molar-refractivity contribution < 1.29 is 33.2 Å². The number of benzene rings is 1. The van der Waals surface area contributed by atoms with Crippen molar-refractivity contribution in [2.45, 2.75) is 89.9 Å². The second-order valence-electron chi connectivity index (χ2n) is 8.70. The Hall–Kier alpha value is -1.22. The first-order chi connectivity index (χ1) is 13.8. The van der Waals surface area contributed by atoms with Gasteiger partial charge in [-0.2, -0.15) is 0 Å². The zero-order valence-electron chi connectivity index (χ0n) is 17.9. The molecule has 3 fully saturated rings. The minimum atomic E-state index is -0.702. The van der Waals surface area contributed by atoms with E-state index in [9.17, 15) is 0 Å². The van der Waals surface area contributed by atoms with Crippen molar-refractivity contribution in [2.24, 2.45) is 0 Å². The molecule has 0 spiro atoms. The highest BCUT2D eigenvalue weighted by atomic mass is 16.8. The molecule has 0 aliphatic carbocycles. The van der Waals surface area contributed by atoms with Crippen molar-refractivity contribution in [1.82, 2.24) is 0 Å². The summed E-state index contributed by atoms with van der Waals surface area (Å²) in [6, 6.07) is 7.96. The number of fused-ring (bicyclic) bond motifs is 1. The second kappa shape index (κ2) is 8.13. The van der Waals surface area contributed by atoms with Crippen LogP contribution in [0.5, 0.6) is 5.75 Å². The summed E-state index contributed by atoms with van der Waals surface area (Å²) in [7, 11) is 0. The Bertz CT molecular complexity index is 687. The number of hydrogen-bond donors (Lipinski definition) is 0. The van der Waals surface area contributed by atoms with E-state index in [4.69, 9.17) is 33.2 Å².